The maximum atomic E-state index is 10.0. The molecule has 5 nitrogen and oxygen atoms in total. The molecule has 0 saturated heterocycles. The fourth-order valence-electron chi connectivity index (χ4n) is 3.14. The number of nitrogens with one attached hydrogen (secondary N) is 1. The summed E-state index contributed by atoms with van der Waals surface area (Å²) in [7, 11) is 0. The number of anilines is 1. The van der Waals surface area contributed by atoms with Gasteiger partial charge in [0, 0.05) is 6.20 Å². The van der Waals surface area contributed by atoms with Crippen molar-refractivity contribution in [1.29, 1.82) is 0 Å². The first kappa shape index (κ1) is 13.0. The molecule has 1 aliphatic rings. The molecule has 1 atom stereocenters. The first-order valence-electron chi connectivity index (χ1n) is 7.46. The van der Waals surface area contributed by atoms with Crippen LogP contribution in [-0.2, 0) is 6.42 Å². The van der Waals surface area contributed by atoms with Gasteiger partial charge >= 0.3 is 0 Å². The van der Waals surface area contributed by atoms with Gasteiger partial charge in [-0.15, -0.1) is 0 Å². The quantitative estimate of drug-likeness (QED) is 0.759. The van der Waals surface area contributed by atoms with Crippen molar-refractivity contribution in [2.75, 3.05) is 5.32 Å². The maximum Gasteiger partial charge on any atom is 0.156 e. The minimum Gasteiger partial charge on any atom is -0.508 e. The molecular weight excluding hydrogens is 276 g/mol. The molecule has 1 aromatic carbocycles. The zero-order valence-corrected chi connectivity index (χ0v) is 12.0. The second kappa shape index (κ2) is 5.26. The highest BCUT2D eigenvalue weighted by molar-refractivity contribution is 5.84. The summed E-state index contributed by atoms with van der Waals surface area (Å²) >= 11 is 0. The van der Waals surface area contributed by atoms with Crippen LogP contribution >= 0.6 is 0 Å². The van der Waals surface area contributed by atoms with Gasteiger partial charge in [-0.3, -0.25) is 4.98 Å². The molecule has 4 rings (SSSR count). The summed E-state index contributed by atoms with van der Waals surface area (Å²) in [5.41, 5.74) is 3.79. The van der Waals surface area contributed by atoms with Crippen LogP contribution in [0.5, 0.6) is 5.75 Å². The Morgan fingerprint density at radius 2 is 2.05 bits per heavy atom. The average Bonchev–Trinajstić information content (AvgIpc) is 2.56. The SMILES string of the molecule is Oc1cccc2c1CCCC2Nc1ncnc2cccnc12. The van der Waals surface area contributed by atoms with E-state index in [0.717, 1.165) is 47.2 Å². The molecule has 22 heavy (non-hydrogen) atoms. The van der Waals surface area contributed by atoms with Gasteiger partial charge < -0.3 is 10.4 Å². The number of nitrogens with zero attached hydrogens (tertiary/aromatic N) is 3. The molecule has 0 amide bonds. The number of pyridine rings is 1. The Morgan fingerprint density at radius 3 is 3.00 bits per heavy atom. The second-order valence-electron chi connectivity index (χ2n) is 5.53. The Morgan fingerprint density at radius 1 is 1.09 bits per heavy atom. The van der Waals surface area contributed by atoms with Crippen LogP contribution in [0, 0.1) is 0 Å². The number of phenolic OH excluding ortho intramolecular Hbond substituents is 1. The van der Waals surface area contributed by atoms with Crippen LogP contribution in [0.3, 0.4) is 0 Å². The average molecular weight is 292 g/mol. The van der Waals surface area contributed by atoms with E-state index in [0.29, 0.717) is 5.75 Å². The van der Waals surface area contributed by atoms with E-state index in [1.54, 1.807) is 18.6 Å². The Labute approximate surface area is 128 Å². The van der Waals surface area contributed by atoms with Crippen molar-refractivity contribution in [2.24, 2.45) is 0 Å². The third kappa shape index (κ3) is 2.15. The fraction of sp³-hybridized carbons (Fsp3) is 0.235. The van der Waals surface area contributed by atoms with Crippen molar-refractivity contribution in [3.63, 3.8) is 0 Å². The van der Waals surface area contributed by atoms with Gasteiger partial charge in [-0.1, -0.05) is 12.1 Å². The fourth-order valence-corrected chi connectivity index (χ4v) is 3.14. The van der Waals surface area contributed by atoms with Crippen molar-refractivity contribution in [3.05, 3.63) is 54.0 Å². The van der Waals surface area contributed by atoms with Crippen LogP contribution in [0.1, 0.15) is 30.0 Å². The van der Waals surface area contributed by atoms with Crippen molar-refractivity contribution in [2.45, 2.75) is 25.3 Å². The lowest BCUT2D eigenvalue weighted by molar-refractivity contribution is 0.457. The van der Waals surface area contributed by atoms with E-state index in [1.807, 2.05) is 18.2 Å². The summed E-state index contributed by atoms with van der Waals surface area (Å²) in [5.74, 6) is 1.13. The number of aromatic nitrogens is 3. The molecule has 0 bridgehead atoms. The Hall–Kier alpha value is -2.69. The predicted octanol–water partition coefficient (Wildman–Crippen LogP) is 3.22. The first-order valence-corrected chi connectivity index (χ1v) is 7.46. The molecule has 0 spiro atoms. The van der Waals surface area contributed by atoms with Gasteiger partial charge in [-0.05, 0) is 48.6 Å². The highest BCUT2D eigenvalue weighted by atomic mass is 16.3. The van der Waals surface area contributed by atoms with E-state index >= 15 is 0 Å². The van der Waals surface area contributed by atoms with Gasteiger partial charge in [-0.2, -0.15) is 0 Å². The van der Waals surface area contributed by atoms with Crippen molar-refractivity contribution in [1.82, 2.24) is 15.0 Å². The Kier molecular flexibility index (Phi) is 3.11. The zero-order valence-electron chi connectivity index (χ0n) is 12.0. The molecule has 0 saturated carbocycles. The minimum atomic E-state index is 0.135. The van der Waals surface area contributed by atoms with Crippen LogP contribution in [0.25, 0.3) is 11.0 Å². The molecule has 1 aliphatic carbocycles. The number of benzene rings is 1. The van der Waals surface area contributed by atoms with E-state index in [1.165, 1.54) is 0 Å². The van der Waals surface area contributed by atoms with Crippen molar-refractivity contribution >= 4 is 16.9 Å². The molecule has 5 heteroatoms. The highest BCUT2D eigenvalue weighted by Crippen LogP contribution is 2.36. The van der Waals surface area contributed by atoms with E-state index in [-0.39, 0.29) is 6.04 Å². The van der Waals surface area contributed by atoms with Gasteiger partial charge in [0.2, 0.25) is 0 Å². The monoisotopic (exact) mass is 292 g/mol. The van der Waals surface area contributed by atoms with Gasteiger partial charge in [0.1, 0.15) is 17.6 Å². The van der Waals surface area contributed by atoms with Gasteiger partial charge in [-0.25, -0.2) is 9.97 Å². The topological polar surface area (TPSA) is 70.9 Å². The molecule has 3 aromatic rings. The van der Waals surface area contributed by atoms with E-state index < -0.39 is 0 Å². The van der Waals surface area contributed by atoms with Crippen molar-refractivity contribution in [3.8, 4) is 5.75 Å². The largest absolute Gasteiger partial charge is 0.508 e. The molecule has 2 heterocycles. The maximum absolute atomic E-state index is 10.0. The summed E-state index contributed by atoms with van der Waals surface area (Å²) in [4.78, 5) is 13.0. The lowest BCUT2D eigenvalue weighted by Crippen LogP contribution is -2.18. The standard InChI is InChI=1S/C17H16N4O/c22-15-8-2-4-11-12(15)5-1-6-13(11)21-17-16-14(19-10-20-17)7-3-9-18-16/h2-4,7-10,13,22H,1,5-6H2,(H,19,20,21). The number of hydrogen-bond acceptors (Lipinski definition) is 5. The Balaban J connectivity index is 1.74. The number of rotatable bonds is 2. The summed E-state index contributed by atoms with van der Waals surface area (Å²) in [6.07, 6.45) is 6.27. The number of hydrogen-bond donors (Lipinski definition) is 2. The van der Waals surface area contributed by atoms with Gasteiger partial charge in [0.25, 0.3) is 0 Å². The van der Waals surface area contributed by atoms with Gasteiger partial charge in [0.15, 0.2) is 5.82 Å². The third-order valence-electron chi connectivity index (χ3n) is 4.19. The summed E-state index contributed by atoms with van der Waals surface area (Å²) in [5, 5.41) is 13.5. The van der Waals surface area contributed by atoms with E-state index in [4.69, 9.17) is 0 Å². The zero-order chi connectivity index (χ0) is 14.9. The molecule has 2 aromatic heterocycles. The second-order valence-corrected chi connectivity index (χ2v) is 5.53. The molecule has 0 aliphatic heterocycles. The molecular formula is C17H16N4O. The van der Waals surface area contributed by atoms with E-state index in [2.05, 4.69) is 26.3 Å². The van der Waals surface area contributed by atoms with Crippen LogP contribution in [0.2, 0.25) is 0 Å². The normalized spacial score (nSPS) is 17.2. The van der Waals surface area contributed by atoms with Crippen LogP contribution in [0.15, 0.2) is 42.9 Å². The van der Waals surface area contributed by atoms with Gasteiger partial charge in [0.05, 0.1) is 11.6 Å². The summed E-state index contributed by atoms with van der Waals surface area (Å²) in [6.45, 7) is 0. The lowest BCUT2D eigenvalue weighted by atomic mass is 9.87. The molecule has 110 valence electrons. The number of aromatic hydroxyl groups is 1. The first-order chi connectivity index (χ1) is 10.8. The molecule has 2 N–H and O–H groups in total. The highest BCUT2D eigenvalue weighted by Gasteiger charge is 2.23. The third-order valence-corrected chi connectivity index (χ3v) is 4.19. The molecule has 1 unspecified atom stereocenters. The number of phenols is 1. The van der Waals surface area contributed by atoms with Crippen LogP contribution in [-0.4, -0.2) is 20.1 Å². The Bertz CT molecular complexity index is 829. The smallest absolute Gasteiger partial charge is 0.156 e. The van der Waals surface area contributed by atoms with Crippen LogP contribution in [0.4, 0.5) is 5.82 Å². The molecule has 0 fully saturated rings. The summed E-state index contributed by atoms with van der Waals surface area (Å²) in [6, 6.07) is 9.65. The molecule has 0 radical (unpaired) electrons. The van der Waals surface area contributed by atoms with Crippen LogP contribution < -0.4 is 5.32 Å². The number of fused-ring (bicyclic) bond motifs is 2. The predicted molar refractivity (Wildman–Crippen MR) is 84.7 cm³/mol. The minimum absolute atomic E-state index is 0.135. The summed E-state index contributed by atoms with van der Waals surface area (Å²) < 4.78 is 0. The van der Waals surface area contributed by atoms with Crippen molar-refractivity contribution < 1.29 is 5.11 Å². The lowest BCUT2D eigenvalue weighted by Gasteiger charge is -2.27. The van der Waals surface area contributed by atoms with E-state index in [9.17, 15) is 5.11 Å².